The Kier molecular flexibility index (Phi) is 22.3. The molecule has 21 atom stereocenters. The van der Waals surface area contributed by atoms with E-state index in [0.29, 0.717) is 12.8 Å². The topological polar surface area (TPSA) is 314 Å². The van der Waals surface area contributed by atoms with Crippen LogP contribution in [-0.2, 0) is 47.5 Å². The summed E-state index contributed by atoms with van der Waals surface area (Å²) in [5.41, 5.74) is 0. The van der Waals surface area contributed by atoms with E-state index in [0.717, 1.165) is 70.6 Å². The van der Waals surface area contributed by atoms with E-state index in [1.54, 1.807) is 13.8 Å². The molecule has 5 rings (SSSR count). The van der Waals surface area contributed by atoms with Crippen molar-refractivity contribution < 1.29 is 88.4 Å². The number of amides is 3. The van der Waals surface area contributed by atoms with Gasteiger partial charge in [0.2, 0.25) is 17.7 Å². The molecule has 0 aromatic rings. The molecule has 0 spiro atoms. The third kappa shape index (κ3) is 14.7. The first-order chi connectivity index (χ1) is 32.0. The van der Waals surface area contributed by atoms with Gasteiger partial charge >= 0.3 is 0 Å². The highest BCUT2D eigenvalue weighted by atomic mass is 16.8. The Morgan fingerprint density at radius 1 is 0.687 bits per heavy atom. The molecule has 5 heterocycles. The Bertz CT molecular complexity index is 1520. The number of carbonyl (C=O) groups is 3. The van der Waals surface area contributed by atoms with E-state index < -0.39 is 153 Å². The summed E-state index contributed by atoms with van der Waals surface area (Å²) in [5, 5.41) is 97.1. The molecule has 21 nitrogen and oxygen atoms in total. The van der Waals surface area contributed by atoms with Gasteiger partial charge in [0.25, 0.3) is 0 Å². The lowest BCUT2D eigenvalue weighted by Gasteiger charge is -2.51. The molecule has 11 N–H and O–H groups in total. The zero-order valence-electron chi connectivity index (χ0n) is 39.8. The molecule has 5 aliphatic heterocycles. The summed E-state index contributed by atoms with van der Waals surface area (Å²) in [5.74, 6) is -2.38. The van der Waals surface area contributed by atoms with Crippen molar-refractivity contribution in [2.45, 2.75) is 247 Å². The number of hydrogen-bond donors (Lipinski definition) is 11. The smallest absolute Gasteiger partial charge is 0.220 e. The highest BCUT2D eigenvalue weighted by Gasteiger charge is 2.55. The third-order valence-corrected chi connectivity index (χ3v) is 14.0. The van der Waals surface area contributed by atoms with Crippen LogP contribution in [0.5, 0.6) is 0 Å². The van der Waals surface area contributed by atoms with Gasteiger partial charge in [-0.05, 0) is 25.2 Å². The van der Waals surface area contributed by atoms with Crippen molar-refractivity contribution in [3.8, 4) is 0 Å². The first-order valence-corrected chi connectivity index (χ1v) is 24.7. The van der Waals surface area contributed by atoms with Crippen LogP contribution < -0.4 is 16.0 Å². The van der Waals surface area contributed by atoms with Crippen molar-refractivity contribution in [3.05, 3.63) is 0 Å². The van der Waals surface area contributed by atoms with Crippen molar-refractivity contribution in [1.29, 1.82) is 0 Å². The van der Waals surface area contributed by atoms with Crippen molar-refractivity contribution in [2.24, 2.45) is 11.8 Å². The highest BCUT2D eigenvalue weighted by molar-refractivity contribution is 5.76. The quantitative estimate of drug-likeness (QED) is 0.0867. The van der Waals surface area contributed by atoms with Gasteiger partial charge in [-0.2, -0.15) is 0 Å². The number of rotatable bonds is 16. The highest BCUT2D eigenvalue weighted by Crippen LogP contribution is 2.38. The molecule has 0 aliphatic carbocycles. The number of ether oxygens (including phenoxy) is 7. The molecule has 0 bridgehead atoms. The molecule has 0 radical (unpaired) electrons. The van der Waals surface area contributed by atoms with Gasteiger partial charge in [0.05, 0.1) is 31.5 Å². The van der Waals surface area contributed by atoms with Crippen LogP contribution in [0, 0.1) is 11.8 Å². The summed E-state index contributed by atoms with van der Waals surface area (Å²) in [7, 11) is 0. The van der Waals surface area contributed by atoms with Crippen LogP contribution in [-0.4, -0.2) is 188 Å². The van der Waals surface area contributed by atoms with Crippen molar-refractivity contribution in [1.82, 2.24) is 16.0 Å². The number of aliphatic hydroxyl groups is 8. The number of nitrogens with one attached hydrogen (secondary N) is 3. The van der Waals surface area contributed by atoms with E-state index in [1.807, 2.05) is 0 Å². The summed E-state index contributed by atoms with van der Waals surface area (Å²) in [4.78, 5) is 38.0. The number of hydrogen-bond acceptors (Lipinski definition) is 18. The van der Waals surface area contributed by atoms with E-state index in [1.165, 1.54) is 13.8 Å². The molecule has 5 saturated heterocycles. The van der Waals surface area contributed by atoms with Gasteiger partial charge in [0.15, 0.2) is 25.2 Å². The van der Waals surface area contributed by atoms with Crippen LogP contribution in [0.4, 0.5) is 0 Å². The monoisotopic (exact) mass is 964 g/mol. The molecule has 0 aromatic heterocycles. The van der Waals surface area contributed by atoms with Crippen LogP contribution in [0.3, 0.4) is 0 Å². The molecule has 21 unspecified atom stereocenters. The van der Waals surface area contributed by atoms with Gasteiger partial charge < -0.3 is 90.0 Å². The summed E-state index contributed by atoms with van der Waals surface area (Å²) in [6.07, 6.45) is -9.84. The van der Waals surface area contributed by atoms with Crippen molar-refractivity contribution >= 4 is 17.7 Å². The fourth-order valence-electron chi connectivity index (χ4n) is 10.2. The standard InChI is InChI=1S/C46H81N3O18/c1-6-8-9-10-11-14-17-26-18-15-12-13-16-19-31(54)49-33-37(57)36(56)29(21-50)63-45(33)66-41-28(20-26)62-46(34(39(41)59)48-25(5)53)67-42-30(22-51)64-44(23(3)35(42)55)65-40-27(7-2)61-43(60)32(38(40)58)47-24(4)52/h23,26-30,32-46,50-51,55-60H,6-22H2,1-5H3,(H,47,52)(H,48,53)(H,49,54). The fraction of sp³-hybridized carbons (Fsp3) is 0.935. The molecule has 21 heteroatoms. The molecular weight excluding hydrogens is 883 g/mol. The zero-order chi connectivity index (χ0) is 48.9. The van der Waals surface area contributed by atoms with Gasteiger partial charge in [0, 0.05) is 26.2 Å². The second-order valence-corrected chi connectivity index (χ2v) is 19.2. The molecule has 3 amide bonds. The van der Waals surface area contributed by atoms with E-state index in [-0.39, 0.29) is 18.8 Å². The normalized spacial score (nSPS) is 42.5. The van der Waals surface area contributed by atoms with Crippen LogP contribution in [0.2, 0.25) is 0 Å². The second-order valence-electron chi connectivity index (χ2n) is 19.2. The summed E-state index contributed by atoms with van der Waals surface area (Å²) < 4.78 is 44.0. The first kappa shape index (κ1) is 55.7. The zero-order valence-corrected chi connectivity index (χ0v) is 39.8. The number of unbranched alkanes of at least 4 members (excludes halogenated alkanes) is 5. The van der Waals surface area contributed by atoms with Gasteiger partial charge in [-0.3, -0.25) is 14.4 Å². The number of fused-ring (bicyclic) bond motifs is 2. The SMILES string of the molecule is CCCCCCCCC1CCCCCCC(=O)NC2C(OC(CO)C(O)C2O)OC2C(C1)OC(OC1C(CO)OC(OC3C(CC)OC(O)C(NC(C)=O)C3O)C(C)C1O)C(NC(C)=O)C2O. The number of carbonyl (C=O) groups excluding carboxylic acids is 3. The predicted octanol–water partition coefficient (Wildman–Crippen LogP) is -0.526. The lowest BCUT2D eigenvalue weighted by molar-refractivity contribution is -0.365. The Labute approximate surface area is 393 Å². The average Bonchev–Trinajstić information content (AvgIpc) is 3.29. The van der Waals surface area contributed by atoms with E-state index in [9.17, 15) is 55.2 Å². The van der Waals surface area contributed by atoms with Gasteiger partial charge in [-0.25, -0.2) is 0 Å². The van der Waals surface area contributed by atoms with Crippen molar-refractivity contribution in [3.63, 3.8) is 0 Å². The van der Waals surface area contributed by atoms with Crippen LogP contribution >= 0.6 is 0 Å². The molecular formula is C46H81N3O18. The summed E-state index contributed by atoms with van der Waals surface area (Å²) >= 11 is 0. The summed E-state index contributed by atoms with van der Waals surface area (Å²) in [6, 6.07) is -3.96. The Morgan fingerprint density at radius 2 is 1.33 bits per heavy atom. The molecule has 67 heavy (non-hydrogen) atoms. The minimum atomic E-state index is -1.64. The van der Waals surface area contributed by atoms with Crippen LogP contribution in [0.1, 0.15) is 131 Å². The second kappa shape index (κ2) is 26.9. The minimum absolute atomic E-state index is 0.0575. The predicted molar refractivity (Wildman–Crippen MR) is 236 cm³/mol. The Morgan fingerprint density at radius 3 is 2.00 bits per heavy atom. The maximum atomic E-state index is 13.2. The fourth-order valence-corrected chi connectivity index (χ4v) is 10.2. The van der Waals surface area contributed by atoms with E-state index in [4.69, 9.17) is 33.2 Å². The third-order valence-electron chi connectivity index (χ3n) is 14.0. The number of aliphatic hydroxyl groups excluding tert-OH is 8. The minimum Gasteiger partial charge on any atom is -0.394 e. The molecule has 0 aromatic carbocycles. The van der Waals surface area contributed by atoms with Crippen LogP contribution in [0.25, 0.3) is 0 Å². The van der Waals surface area contributed by atoms with Gasteiger partial charge in [-0.1, -0.05) is 91.4 Å². The molecule has 5 fully saturated rings. The molecule has 5 aliphatic rings. The maximum Gasteiger partial charge on any atom is 0.220 e. The average molecular weight is 964 g/mol. The maximum absolute atomic E-state index is 13.2. The lowest BCUT2D eigenvalue weighted by Crippen LogP contribution is -2.70. The van der Waals surface area contributed by atoms with Crippen LogP contribution in [0.15, 0.2) is 0 Å². The molecule has 0 saturated carbocycles. The van der Waals surface area contributed by atoms with Crippen molar-refractivity contribution in [2.75, 3.05) is 13.2 Å². The summed E-state index contributed by atoms with van der Waals surface area (Å²) in [6.45, 7) is 6.56. The largest absolute Gasteiger partial charge is 0.394 e. The van der Waals surface area contributed by atoms with Gasteiger partial charge in [0.1, 0.15) is 73.1 Å². The molecule has 388 valence electrons. The van der Waals surface area contributed by atoms with Gasteiger partial charge in [-0.15, -0.1) is 0 Å². The lowest BCUT2D eigenvalue weighted by atomic mass is 9.84. The van der Waals surface area contributed by atoms with E-state index >= 15 is 0 Å². The Hall–Kier alpha value is -2.19. The van der Waals surface area contributed by atoms with E-state index in [2.05, 4.69) is 22.9 Å². The first-order valence-electron chi connectivity index (χ1n) is 24.7. The Balaban J connectivity index is 1.45.